The van der Waals surface area contributed by atoms with E-state index in [1.807, 2.05) is 12.1 Å². The van der Waals surface area contributed by atoms with E-state index in [0.717, 1.165) is 0 Å². The maximum Gasteiger partial charge on any atom is 0.927 e. The summed E-state index contributed by atoms with van der Waals surface area (Å²) in [6, 6.07) is 10.7. The third kappa shape index (κ3) is 5.27. The zero-order valence-corrected chi connectivity index (χ0v) is 11.5. The van der Waals surface area contributed by atoms with Crippen LogP contribution in [0.1, 0.15) is 0 Å². The minimum atomic E-state index is -2.26. The molecule has 0 aliphatic rings. The SMILES string of the molecule is O=[P+](O[n+]1ccccc1)O[n+]1ccccc1.[Cl-].[Cl-]. The van der Waals surface area contributed by atoms with Crippen LogP contribution in [0.4, 0.5) is 0 Å². The summed E-state index contributed by atoms with van der Waals surface area (Å²) in [5, 5.41) is 0. The van der Waals surface area contributed by atoms with Crippen molar-refractivity contribution in [2.45, 2.75) is 0 Å². The molecule has 2 aromatic rings. The Hall–Kier alpha value is -1.42. The van der Waals surface area contributed by atoms with E-state index in [1.165, 1.54) is 9.46 Å². The third-order valence-electron chi connectivity index (χ3n) is 1.70. The largest absolute Gasteiger partial charge is 1.00 e. The summed E-state index contributed by atoms with van der Waals surface area (Å²) in [6.45, 7) is 0. The fourth-order valence-electron chi connectivity index (χ4n) is 1.04. The topological polar surface area (TPSA) is 43.3 Å². The average Bonchev–Trinajstić information content (AvgIpc) is 2.31. The van der Waals surface area contributed by atoms with Gasteiger partial charge in [-0.15, -0.1) is 0 Å². The standard InChI is InChI=1S/C10H10N2O3P.2ClH/c13-16(14-11-7-3-1-4-8-11)15-12-9-5-2-6-10-12;;/h1-10H;2*1H/q+3;;/p-2. The van der Waals surface area contributed by atoms with Crippen LogP contribution >= 0.6 is 8.25 Å². The molecule has 2 rings (SSSR count). The molecule has 0 aliphatic carbocycles. The predicted molar refractivity (Wildman–Crippen MR) is 54.0 cm³/mol. The minimum absolute atomic E-state index is 0. The number of pyridine rings is 2. The molecule has 2 heterocycles. The number of halogens is 2. The lowest BCUT2D eigenvalue weighted by Crippen LogP contribution is -3.00. The van der Waals surface area contributed by atoms with Gasteiger partial charge in [-0.25, -0.2) is 0 Å². The zero-order valence-electron chi connectivity index (χ0n) is 9.10. The molecular formula is C10H10Cl2N2O3P+. The summed E-state index contributed by atoms with van der Waals surface area (Å²) in [5.74, 6) is 0. The van der Waals surface area contributed by atoms with Gasteiger partial charge in [-0.2, -0.15) is 0 Å². The maximum absolute atomic E-state index is 11.4. The molecule has 5 nitrogen and oxygen atoms in total. The molecule has 0 unspecified atom stereocenters. The van der Waals surface area contributed by atoms with Gasteiger partial charge in [0.05, 0.1) is 9.46 Å². The molecular weight excluding hydrogens is 298 g/mol. The van der Waals surface area contributed by atoms with Gasteiger partial charge in [0.2, 0.25) is 24.8 Å². The number of hydrogen-bond donors (Lipinski definition) is 0. The highest BCUT2D eigenvalue weighted by Crippen LogP contribution is 2.08. The van der Waals surface area contributed by atoms with Crippen LogP contribution in [0.5, 0.6) is 0 Å². The molecule has 2 aromatic heterocycles. The first-order chi connectivity index (χ1) is 7.84. The molecule has 0 bridgehead atoms. The molecule has 0 N–H and O–H groups in total. The van der Waals surface area contributed by atoms with Crippen LogP contribution in [-0.4, -0.2) is 0 Å². The maximum atomic E-state index is 11.4. The Bertz CT molecular complexity index is 430. The summed E-state index contributed by atoms with van der Waals surface area (Å²) in [6.07, 6.45) is 6.52. The first-order valence-corrected chi connectivity index (χ1v) is 5.71. The second kappa shape index (κ2) is 8.64. The van der Waals surface area contributed by atoms with Crippen molar-refractivity contribution < 1.29 is 48.1 Å². The second-order valence-corrected chi connectivity index (χ2v) is 3.63. The summed E-state index contributed by atoms with van der Waals surface area (Å²) in [7, 11) is -2.26. The molecule has 0 atom stereocenters. The van der Waals surface area contributed by atoms with E-state index < -0.39 is 8.25 Å². The second-order valence-electron chi connectivity index (χ2n) is 2.86. The highest BCUT2D eigenvalue weighted by Gasteiger charge is 2.36. The van der Waals surface area contributed by atoms with Crippen molar-refractivity contribution >= 4 is 8.25 Å². The van der Waals surface area contributed by atoms with Crippen molar-refractivity contribution in [2.24, 2.45) is 0 Å². The quantitative estimate of drug-likeness (QED) is 0.418. The Morgan fingerprint density at radius 1 is 0.667 bits per heavy atom. The van der Waals surface area contributed by atoms with Gasteiger partial charge < -0.3 is 24.8 Å². The molecule has 0 amide bonds. The summed E-state index contributed by atoms with van der Waals surface area (Å²) < 4.78 is 24.1. The van der Waals surface area contributed by atoms with Crippen LogP contribution in [0.15, 0.2) is 61.2 Å². The smallest absolute Gasteiger partial charge is 0.927 e. The van der Waals surface area contributed by atoms with E-state index in [2.05, 4.69) is 0 Å². The minimum Gasteiger partial charge on any atom is -1.00 e. The molecule has 0 saturated carbocycles. The van der Waals surface area contributed by atoms with Crippen LogP contribution < -0.4 is 43.5 Å². The molecule has 0 radical (unpaired) electrons. The lowest BCUT2D eigenvalue weighted by Gasteiger charge is -1.82. The van der Waals surface area contributed by atoms with Gasteiger partial charge >= 0.3 is 8.25 Å². The van der Waals surface area contributed by atoms with Crippen molar-refractivity contribution in [1.82, 2.24) is 0 Å². The normalized spacial score (nSPS) is 8.44. The van der Waals surface area contributed by atoms with E-state index in [-0.39, 0.29) is 24.8 Å². The van der Waals surface area contributed by atoms with Gasteiger partial charge in [0.25, 0.3) is 0 Å². The van der Waals surface area contributed by atoms with Crippen molar-refractivity contribution in [3.63, 3.8) is 0 Å². The van der Waals surface area contributed by atoms with Crippen molar-refractivity contribution in [1.29, 1.82) is 0 Å². The van der Waals surface area contributed by atoms with Crippen LogP contribution in [0.25, 0.3) is 0 Å². The zero-order chi connectivity index (χ0) is 11.2. The molecule has 0 aliphatic heterocycles. The van der Waals surface area contributed by atoms with E-state index in [0.29, 0.717) is 0 Å². The Morgan fingerprint density at radius 2 is 1.00 bits per heavy atom. The summed E-state index contributed by atoms with van der Waals surface area (Å²) in [4.78, 5) is 0. The third-order valence-corrected chi connectivity index (χ3v) is 2.34. The first kappa shape index (κ1) is 16.6. The van der Waals surface area contributed by atoms with Gasteiger partial charge in [-0.05, 0) is 0 Å². The lowest BCUT2D eigenvalue weighted by molar-refractivity contribution is -0.883. The highest BCUT2D eigenvalue weighted by molar-refractivity contribution is 7.33. The van der Waals surface area contributed by atoms with E-state index in [1.54, 1.807) is 49.1 Å². The van der Waals surface area contributed by atoms with Crippen LogP contribution in [0.2, 0.25) is 0 Å². The Kier molecular flexibility index (Phi) is 7.96. The van der Waals surface area contributed by atoms with E-state index in [9.17, 15) is 4.57 Å². The molecule has 0 fully saturated rings. The number of aromatic nitrogens is 2. The fraction of sp³-hybridized carbons (Fsp3) is 0. The Morgan fingerprint density at radius 3 is 1.33 bits per heavy atom. The monoisotopic (exact) mass is 307 g/mol. The first-order valence-electron chi connectivity index (χ1n) is 4.61. The van der Waals surface area contributed by atoms with E-state index >= 15 is 0 Å². The molecule has 18 heavy (non-hydrogen) atoms. The lowest BCUT2D eigenvalue weighted by atomic mass is 10.5. The Balaban J connectivity index is 0.00000144. The highest BCUT2D eigenvalue weighted by atomic mass is 35.5. The van der Waals surface area contributed by atoms with Crippen molar-refractivity contribution in [2.75, 3.05) is 0 Å². The summed E-state index contributed by atoms with van der Waals surface area (Å²) in [5.41, 5.74) is 0. The van der Waals surface area contributed by atoms with Gasteiger partial charge in [-0.1, -0.05) is 12.1 Å². The van der Waals surface area contributed by atoms with Crippen molar-refractivity contribution in [3.8, 4) is 0 Å². The van der Waals surface area contributed by atoms with Gasteiger partial charge in [0.15, 0.2) is 0 Å². The van der Waals surface area contributed by atoms with E-state index in [4.69, 9.17) is 9.25 Å². The number of nitrogens with zero attached hydrogens (tertiary/aromatic N) is 2. The molecule has 0 spiro atoms. The summed E-state index contributed by atoms with van der Waals surface area (Å²) >= 11 is 0. The fourth-order valence-corrected chi connectivity index (χ4v) is 1.60. The van der Waals surface area contributed by atoms with Crippen LogP contribution in [0.3, 0.4) is 0 Å². The van der Waals surface area contributed by atoms with Gasteiger partial charge in [0.1, 0.15) is 0 Å². The molecule has 0 aromatic carbocycles. The van der Waals surface area contributed by atoms with Crippen molar-refractivity contribution in [3.05, 3.63) is 61.2 Å². The number of hydrogen-bond acceptors (Lipinski definition) is 3. The number of rotatable bonds is 4. The van der Waals surface area contributed by atoms with Crippen LogP contribution in [0, 0.1) is 0 Å². The predicted octanol–water partition coefficient (Wildman–Crippen LogP) is -5.52. The van der Waals surface area contributed by atoms with Crippen LogP contribution in [-0.2, 0) is 4.57 Å². The molecule has 0 saturated heterocycles. The molecule has 96 valence electrons. The van der Waals surface area contributed by atoms with Gasteiger partial charge in [-0.3, -0.25) is 0 Å². The Labute approximate surface area is 118 Å². The average molecular weight is 308 g/mol. The molecule has 8 heteroatoms. The van der Waals surface area contributed by atoms with Gasteiger partial charge in [0, 0.05) is 38.1 Å².